The standard InChI is InChI=1S/C31H41N7O8/c1-30(2,3)46-29(44)34-21-11-9-7-5-6-8-10-19-15-31(19,28(42)43)35-25(39)22-14-20(17-37(22)26(21)40)38-27(41)24(23(45-4)16-33-38)36-13-12-32-18-36/h8,10,12-13,16,18-22H,5-7,9,11,14-15,17H2,1-4H3,(H,34,44)(H,35,39)(H,42,43)/b10-8-/t19-,20-,21+,22+,31-/m1/s1. The molecule has 1 saturated heterocycles. The lowest BCUT2D eigenvalue weighted by Gasteiger charge is -2.30. The molecule has 0 unspecified atom stereocenters. The number of hydrogen-bond donors (Lipinski definition) is 3. The van der Waals surface area contributed by atoms with Crippen molar-refractivity contribution >= 4 is 23.9 Å². The fourth-order valence-corrected chi connectivity index (χ4v) is 6.19. The fourth-order valence-electron chi connectivity index (χ4n) is 6.19. The molecule has 4 heterocycles. The molecule has 0 spiro atoms. The number of carbonyl (C=O) groups is 4. The number of allylic oxidation sites excluding steroid dienone is 1. The summed E-state index contributed by atoms with van der Waals surface area (Å²) in [6.45, 7) is 5.05. The minimum absolute atomic E-state index is 0.0183. The van der Waals surface area contributed by atoms with Crippen LogP contribution in [-0.2, 0) is 19.1 Å². The van der Waals surface area contributed by atoms with E-state index in [0.29, 0.717) is 12.8 Å². The zero-order chi connectivity index (χ0) is 33.2. The van der Waals surface area contributed by atoms with Crippen LogP contribution in [0.5, 0.6) is 5.75 Å². The van der Waals surface area contributed by atoms with Crippen LogP contribution < -0.4 is 20.9 Å². The lowest BCUT2D eigenvalue weighted by molar-refractivity contribution is -0.145. The number of fused-ring (bicyclic) bond motifs is 2. The summed E-state index contributed by atoms with van der Waals surface area (Å²) < 4.78 is 13.5. The van der Waals surface area contributed by atoms with Gasteiger partial charge in [-0.3, -0.25) is 19.0 Å². The van der Waals surface area contributed by atoms with E-state index in [1.165, 1.54) is 40.0 Å². The van der Waals surface area contributed by atoms with Gasteiger partial charge in [-0.25, -0.2) is 19.3 Å². The van der Waals surface area contributed by atoms with Gasteiger partial charge in [0.2, 0.25) is 11.8 Å². The van der Waals surface area contributed by atoms with Crippen LogP contribution in [0.3, 0.4) is 0 Å². The van der Waals surface area contributed by atoms with E-state index in [1.807, 2.05) is 12.2 Å². The molecule has 5 atom stereocenters. The van der Waals surface area contributed by atoms with Crippen molar-refractivity contribution in [2.45, 2.75) is 95.0 Å². The second-order valence-electron chi connectivity index (χ2n) is 13.0. The molecule has 0 bridgehead atoms. The normalized spacial score (nSPS) is 27.7. The van der Waals surface area contributed by atoms with E-state index in [4.69, 9.17) is 9.47 Å². The molecular formula is C31H41N7O8. The van der Waals surface area contributed by atoms with Crippen molar-refractivity contribution in [3.63, 3.8) is 0 Å². The minimum Gasteiger partial charge on any atom is -0.493 e. The van der Waals surface area contributed by atoms with Crippen LogP contribution in [0.4, 0.5) is 4.79 Å². The molecule has 2 fully saturated rings. The quantitative estimate of drug-likeness (QED) is 0.408. The number of hydrogen-bond acceptors (Lipinski definition) is 9. The van der Waals surface area contributed by atoms with Gasteiger partial charge in [-0.15, -0.1) is 0 Å². The van der Waals surface area contributed by atoms with E-state index in [-0.39, 0.29) is 36.7 Å². The molecule has 2 aliphatic heterocycles. The smallest absolute Gasteiger partial charge is 0.408 e. The number of ether oxygens (including phenoxy) is 2. The van der Waals surface area contributed by atoms with Crippen molar-refractivity contribution in [3.05, 3.63) is 47.4 Å². The molecular weight excluding hydrogens is 598 g/mol. The maximum absolute atomic E-state index is 14.2. The molecule has 0 radical (unpaired) electrons. The monoisotopic (exact) mass is 639 g/mol. The Morgan fingerprint density at radius 1 is 1.17 bits per heavy atom. The number of carboxylic acids is 1. The van der Waals surface area contributed by atoms with Gasteiger partial charge in [-0.2, -0.15) is 5.10 Å². The first-order valence-corrected chi connectivity index (χ1v) is 15.5. The Morgan fingerprint density at radius 2 is 1.96 bits per heavy atom. The molecule has 1 saturated carbocycles. The summed E-state index contributed by atoms with van der Waals surface area (Å²) in [6, 6.07) is -2.91. The molecule has 5 rings (SSSR count). The molecule has 3 aliphatic rings. The number of carbonyl (C=O) groups excluding carboxylic acids is 3. The van der Waals surface area contributed by atoms with Gasteiger partial charge in [0, 0.05) is 31.3 Å². The predicted molar refractivity (Wildman–Crippen MR) is 163 cm³/mol. The molecule has 3 N–H and O–H groups in total. The lowest BCUT2D eigenvalue weighted by atomic mass is 10.0. The zero-order valence-electron chi connectivity index (χ0n) is 26.5. The number of nitrogens with one attached hydrogen (secondary N) is 2. The van der Waals surface area contributed by atoms with Crippen molar-refractivity contribution < 1.29 is 33.8 Å². The summed E-state index contributed by atoms with van der Waals surface area (Å²) in [5.41, 5.74) is -2.67. The highest BCUT2D eigenvalue weighted by Gasteiger charge is 2.61. The number of amides is 3. The number of alkyl carbamates (subject to hydrolysis) is 1. The maximum Gasteiger partial charge on any atom is 0.408 e. The highest BCUT2D eigenvalue weighted by molar-refractivity contribution is 5.96. The van der Waals surface area contributed by atoms with E-state index in [9.17, 15) is 29.1 Å². The second-order valence-corrected chi connectivity index (χ2v) is 13.0. The first-order valence-electron chi connectivity index (χ1n) is 15.5. The number of carboxylic acid groups (broad SMARTS) is 1. The number of aliphatic carboxylic acids is 1. The molecule has 15 nitrogen and oxygen atoms in total. The zero-order valence-corrected chi connectivity index (χ0v) is 26.5. The van der Waals surface area contributed by atoms with Gasteiger partial charge in [-0.1, -0.05) is 25.0 Å². The van der Waals surface area contributed by atoms with E-state index < -0.39 is 58.7 Å². The minimum atomic E-state index is -1.49. The van der Waals surface area contributed by atoms with Gasteiger partial charge in [-0.05, 0) is 46.5 Å². The highest BCUT2D eigenvalue weighted by Crippen LogP contribution is 2.45. The van der Waals surface area contributed by atoms with Crippen molar-refractivity contribution in [2.75, 3.05) is 13.7 Å². The summed E-state index contributed by atoms with van der Waals surface area (Å²) in [7, 11) is 1.41. The van der Waals surface area contributed by atoms with Gasteiger partial charge in [0.15, 0.2) is 11.4 Å². The third kappa shape index (κ3) is 6.77. The maximum atomic E-state index is 14.2. The summed E-state index contributed by atoms with van der Waals surface area (Å²) in [5.74, 6) is -2.52. The number of aromatic nitrogens is 4. The average Bonchev–Trinajstić information content (AvgIpc) is 3.30. The summed E-state index contributed by atoms with van der Waals surface area (Å²) in [4.78, 5) is 72.5. The topological polar surface area (TPSA) is 187 Å². The molecule has 0 aromatic carbocycles. The Balaban J connectivity index is 1.51. The summed E-state index contributed by atoms with van der Waals surface area (Å²) in [5, 5.41) is 19.8. The molecule has 248 valence electrons. The number of rotatable bonds is 5. The van der Waals surface area contributed by atoms with Crippen molar-refractivity contribution in [1.29, 1.82) is 0 Å². The SMILES string of the molecule is COc1cnn([C@@H]2C[C@H]3C(=O)N[C@]4(C(=O)O)C[C@H]4/C=C\CCCCC[C@H](NC(=O)OC(C)(C)C)C(=O)N3C2)c(=O)c1-n1ccnc1. The van der Waals surface area contributed by atoms with Crippen LogP contribution >= 0.6 is 0 Å². The number of imidazole rings is 1. The van der Waals surface area contributed by atoms with Crippen LogP contribution in [-0.4, -0.2) is 90.1 Å². The van der Waals surface area contributed by atoms with E-state index in [1.54, 1.807) is 27.0 Å². The molecule has 46 heavy (non-hydrogen) atoms. The first kappa shape index (κ1) is 32.7. The van der Waals surface area contributed by atoms with Crippen molar-refractivity contribution in [2.24, 2.45) is 5.92 Å². The van der Waals surface area contributed by atoms with Gasteiger partial charge in [0.1, 0.15) is 23.2 Å². The van der Waals surface area contributed by atoms with Gasteiger partial charge in [0.05, 0.1) is 25.7 Å². The van der Waals surface area contributed by atoms with Crippen LogP contribution in [0.1, 0.15) is 71.8 Å². The van der Waals surface area contributed by atoms with Gasteiger partial charge >= 0.3 is 12.1 Å². The predicted octanol–water partition coefficient (Wildman–Crippen LogP) is 1.95. The molecule has 15 heteroatoms. The Bertz CT molecular complexity index is 1560. The van der Waals surface area contributed by atoms with Crippen LogP contribution in [0, 0.1) is 5.92 Å². The third-order valence-corrected chi connectivity index (χ3v) is 8.60. The summed E-state index contributed by atoms with van der Waals surface area (Å²) >= 11 is 0. The molecule has 2 aromatic heterocycles. The largest absolute Gasteiger partial charge is 0.493 e. The number of methoxy groups -OCH3 is 1. The highest BCUT2D eigenvalue weighted by atomic mass is 16.6. The van der Waals surface area contributed by atoms with Crippen molar-refractivity contribution in [3.8, 4) is 11.4 Å². The summed E-state index contributed by atoms with van der Waals surface area (Å²) in [6.07, 6.45) is 12.3. The van der Waals surface area contributed by atoms with E-state index in [2.05, 4.69) is 20.7 Å². The van der Waals surface area contributed by atoms with Gasteiger partial charge in [0.25, 0.3) is 5.56 Å². The Kier molecular flexibility index (Phi) is 9.22. The van der Waals surface area contributed by atoms with Crippen LogP contribution in [0.25, 0.3) is 5.69 Å². The van der Waals surface area contributed by atoms with Crippen LogP contribution in [0.15, 0.2) is 41.9 Å². The van der Waals surface area contributed by atoms with Crippen LogP contribution in [0.2, 0.25) is 0 Å². The Labute approximate surface area is 265 Å². The molecule has 3 amide bonds. The lowest BCUT2D eigenvalue weighted by Crippen LogP contribution is -2.56. The van der Waals surface area contributed by atoms with Crippen molar-refractivity contribution in [1.82, 2.24) is 34.9 Å². The Morgan fingerprint density at radius 3 is 2.63 bits per heavy atom. The molecule has 2 aromatic rings. The van der Waals surface area contributed by atoms with Gasteiger partial charge < -0.3 is 30.1 Å². The van der Waals surface area contributed by atoms with E-state index in [0.717, 1.165) is 19.3 Å². The second kappa shape index (κ2) is 13.0. The number of nitrogens with zero attached hydrogens (tertiary/aromatic N) is 5. The Hall–Kier alpha value is -4.69. The third-order valence-electron chi connectivity index (χ3n) is 8.60. The van der Waals surface area contributed by atoms with E-state index >= 15 is 0 Å². The molecule has 1 aliphatic carbocycles. The first-order chi connectivity index (χ1) is 21.8. The average molecular weight is 640 g/mol. The fraction of sp³-hybridized carbons (Fsp3) is 0.581.